The van der Waals surface area contributed by atoms with E-state index in [1.807, 2.05) is 0 Å². The molecular formula is C47H52F2N6O13. The quantitative estimate of drug-likeness (QED) is 0.0306. The molecule has 2 atom stereocenters. The number of anilines is 1. The van der Waals surface area contributed by atoms with Gasteiger partial charge in [0.15, 0.2) is 11.6 Å². The second-order valence-electron chi connectivity index (χ2n) is 16.3. The third-order valence-corrected chi connectivity index (χ3v) is 11.6. The third kappa shape index (κ3) is 12.0. The highest BCUT2D eigenvalue weighted by atomic mass is 19.1. The molecule has 0 aliphatic carbocycles. The van der Waals surface area contributed by atoms with Crippen LogP contribution in [0.25, 0.3) is 11.0 Å². The molecule has 0 saturated carbocycles. The van der Waals surface area contributed by atoms with Gasteiger partial charge in [0.1, 0.15) is 17.7 Å². The molecule has 4 N–H and O–H groups in total. The van der Waals surface area contributed by atoms with Gasteiger partial charge in [-0.15, -0.1) is 0 Å². The van der Waals surface area contributed by atoms with E-state index in [1.165, 1.54) is 4.90 Å². The standard InChI is InChI=1S/C47H52F2N6O13/c48-31-24-29(25-32(49)26-31)28-50-45(61)47(63)12-13-54(46(47)62)33-8-9-35-36(27-33)52-41(51-35)38(56)7-3-15-65-17-19-67-21-23-68-22-20-66-18-16-64-14-2-5-30-4-1-6-34-40(30)44(60)55(43(34)59)37-10-11-39(57)53-42(37)58/h1,4,6,8-9,24-27,37,63H,2-3,5,7,10-23,28H2,(H,50,61)(H,51,52)(H,53,57,58). The van der Waals surface area contributed by atoms with E-state index in [4.69, 9.17) is 23.7 Å². The number of amides is 6. The molecule has 362 valence electrons. The maximum absolute atomic E-state index is 13.5. The van der Waals surface area contributed by atoms with E-state index in [-0.39, 0.29) is 61.5 Å². The van der Waals surface area contributed by atoms with E-state index < -0.39 is 58.7 Å². The van der Waals surface area contributed by atoms with Crippen LogP contribution in [0.2, 0.25) is 0 Å². The Morgan fingerprint density at radius 3 is 2.12 bits per heavy atom. The maximum Gasteiger partial charge on any atom is 0.268 e. The molecule has 0 radical (unpaired) electrons. The van der Waals surface area contributed by atoms with Crippen LogP contribution in [-0.2, 0) is 55.8 Å². The smallest absolute Gasteiger partial charge is 0.268 e. The van der Waals surface area contributed by atoms with Gasteiger partial charge in [0.25, 0.3) is 23.6 Å². The zero-order chi connectivity index (χ0) is 48.2. The Balaban J connectivity index is 0.683. The number of benzene rings is 3. The summed E-state index contributed by atoms with van der Waals surface area (Å²) in [5.74, 6) is -5.71. The number of imide groups is 2. The van der Waals surface area contributed by atoms with Crippen molar-refractivity contribution in [2.45, 2.75) is 63.1 Å². The molecule has 7 rings (SSSR count). The van der Waals surface area contributed by atoms with Crippen LogP contribution in [0, 0.1) is 11.6 Å². The predicted molar refractivity (Wildman–Crippen MR) is 235 cm³/mol. The first kappa shape index (κ1) is 49.5. The van der Waals surface area contributed by atoms with E-state index in [2.05, 4.69) is 20.6 Å². The number of aliphatic hydroxyl groups is 1. The summed E-state index contributed by atoms with van der Waals surface area (Å²) in [7, 11) is 0. The van der Waals surface area contributed by atoms with Crippen molar-refractivity contribution in [3.8, 4) is 0 Å². The molecule has 68 heavy (non-hydrogen) atoms. The maximum atomic E-state index is 13.5. The van der Waals surface area contributed by atoms with Crippen LogP contribution in [0.15, 0.2) is 54.6 Å². The van der Waals surface area contributed by atoms with Gasteiger partial charge < -0.3 is 44.0 Å². The van der Waals surface area contributed by atoms with Gasteiger partial charge in [-0.25, -0.2) is 13.8 Å². The van der Waals surface area contributed by atoms with Crippen LogP contribution in [0.1, 0.15) is 81.0 Å². The Bertz CT molecular complexity index is 2520. The lowest BCUT2D eigenvalue weighted by Gasteiger charge is -2.27. The average Bonchev–Trinajstić information content (AvgIpc) is 3.96. The number of hydrogen-bond acceptors (Lipinski definition) is 14. The zero-order valence-corrected chi connectivity index (χ0v) is 37.2. The molecule has 4 heterocycles. The summed E-state index contributed by atoms with van der Waals surface area (Å²) in [6.45, 7) is 3.35. The molecular weight excluding hydrogens is 895 g/mol. The third-order valence-electron chi connectivity index (χ3n) is 11.6. The van der Waals surface area contributed by atoms with Crippen LogP contribution in [-0.4, -0.2) is 145 Å². The Morgan fingerprint density at radius 2 is 1.46 bits per heavy atom. The van der Waals surface area contributed by atoms with Gasteiger partial charge in [-0.2, -0.15) is 0 Å². The van der Waals surface area contributed by atoms with Gasteiger partial charge in [0.05, 0.1) is 75.0 Å². The van der Waals surface area contributed by atoms with Gasteiger partial charge >= 0.3 is 0 Å². The number of carbonyl (C=O) groups excluding carboxylic acids is 7. The van der Waals surface area contributed by atoms with E-state index in [9.17, 15) is 47.4 Å². The van der Waals surface area contributed by atoms with Gasteiger partial charge in [0.2, 0.25) is 17.4 Å². The minimum Gasteiger partial charge on any atom is -0.379 e. The number of nitrogens with one attached hydrogen (secondary N) is 3. The number of carbonyl (C=O) groups is 7. The number of aromatic nitrogens is 2. The van der Waals surface area contributed by atoms with Crippen LogP contribution < -0.4 is 15.5 Å². The number of hydrogen-bond donors (Lipinski definition) is 4. The number of halogens is 2. The Hall–Kier alpha value is -6.36. The number of rotatable bonds is 26. The number of imidazole rings is 1. The molecule has 4 aromatic rings. The SMILES string of the molecule is O=C1CCC(N2C(=O)c3cccc(CCCOCCOCCOCCOCCOCCCC(=O)c4nc5ccc(N6CCC(O)(C(=O)NCc7cc(F)cc(F)c7)C6=O)cc5[nH]4)c3C2=O)C(=O)N1. The number of aromatic amines is 1. The first-order valence-corrected chi connectivity index (χ1v) is 22.4. The van der Waals surface area contributed by atoms with E-state index in [1.54, 1.807) is 36.4 Å². The van der Waals surface area contributed by atoms with E-state index in [0.717, 1.165) is 17.0 Å². The van der Waals surface area contributed by atoms with Gasteiger partial charge in [0, 0.05) is 57.3 Å². The van der Waals surface area contributed by atoms with Crippen molar-refractivity contribution in [3.05, 3.63) is 94.3 Å². The summed E-state index contributed by atoms with van der Waals surface area (Å²) in [5, 5.41) is 15.6. The Kier molecular flexibility index (Phi) is 16.8. The molecule has 21 heteroatoms. The fraction of sp³-hybridized carbons (Fsp3) is 0.447. The largest absolute Gasteiger partial charge is 0.379 e. The van der Waals surface area contributed by atoms with E-state index >= 15 is 0 Å². The fourth-order valence-electron chi connectivity index (χ4n) is 8.09. The van der Waals surface area contributed by atoms with Crippen LogP contribution in [0.4, 0.5) is 14.5 Å². The summed E-state index contributed by atoms with van der Waals surface area (Å²) >= 11 is 0. The lowest BCUT2D eigenvalue weighted by molar-refractivity contribution is -0.149. The van der Waals surface area contributed by atoms with Crippen molar-refractivity contribution in [2.75, 3.05) is 77.5 Å². The first-order valence-electron chi connectivity index (χ1n) is 22.4. The number of ketones is 1. The number of nitrogens with zero attached hydrogens (tertiary/aromatic N) is 3. The van der Waals surface area contributed by atoms with Gasteiger partial charge in [-0.3, -0.25) is 43.8 Å². The second-order valence-corrected chi connectivity index (χ2v) is 16.3. The van der Waals surface area contributed by atoms with Crippen molar-refractivity contribution in [1.82, 2.24) is 25.5 Å². The van der Waals surface area contributed by atoms with Crippen molar-refractivity contribution in [3.63, 3.8) is 0 Å². The van der Waals surface area contributed by atoms with Crippen LogP contribution >= 0.6 is 0 Å². The Morgan fingerprint density at radius 1 is 0.809 bits per heavy atom. The highest BCUT2D eigenvalue weighted by Crippen LogP contribution is 2.32. The summed E-state index contributed by atoms with van der Waals surface area (Å²) in [5.41, 5.74) is 0.335. The van der Waals surface area contributed by atoms with E-state index in [0.29, 0.717) is 119 Å². The predicted octanol–water partition coefficient (Wildman–Crippen LogP) is 2.71. The number of ether oxygens (including phenoxy) is 5. The number of aryl methyl sites for hydroxylation is 1. The molecule has 3 aliphatic heterocycles. The molecule has 3 aromatic carbocycles. The summed E-state index contributed by atoms with van der Waals surface area (Å²) in [4.78, 5) is 98.7. The minimum absolute atomic E-state index is 0.0249. The molecule has 3 aliphatic rings. The number of fused-ring (bicyclic) bond motifs is 2. The highest BCUT2D eigenvalue weighted by molar-refractivity contribution is 6.24. The van der Waals surface area contributed by atoms with Crippen molar-refractivity contribution >= 4 is 57.9 Å². The van der Waals surface area contributed by atoms with Crippen molar-refractivity contribution < 1.29 is 71.1 Å². The Labute approximate surface area is 388 Å². The van der Waals surface area contributed by atoms with Crippen molar-refractivity contribution in [2.24, 2.45) is 0 Å². The zero-order valence-electron chi connectivity index (χ0n) is 37.2. The topological polar surface area (TPSA) is 245 Å². The lowest BCUT2D eigenvalue weighted by Crippen LogP contribution is -2.54. The molecule has 2 unspecified atom stereocenters. The molecule has 1 aromatic heterocycles. The highest BCUT2D eigenvalue weighted by Gasteiger charge is 2.52. The number of H-pyrrole nitrogens is 1. The number of Topliss-reactive ketones (excluding diaryl/α,β-unsaturated/α-hetero) is 1. The lowest BCUT2D eigenvalue weighted by atomic mass is 9.99. The molecule has 6 amide bonds. The van der Waals surface area contributed by atoms with Crippen LogP contribution in [0.3, 0.4) is 0 Å². The van der Waals surface area contributed by atoms with Crippen molar-refractivity contribution in [1.29, 1.82) is 0 Å². The minimum atomic E-state index is -2.38. The fourth-order valence-corrected chi connectivity index (χ4v) is 8.09. The summed E-state index contributed by atoms with van der Waals surface area (Å²) in [6, 6.07) is 11.6. The first-order chi connectivity index (χ1) is 32.8. The summed E-state index contributed by atoms with van der Waals surface area (Å²) in [6.07, 6.45) is 1.66. The number of piperidine rings is 1. The molecule has 2 saturated heterocycles. The molecule has 0 bridgehead atoms. The molecule has 2 fully saturated rings. The van der Waals surface area contributed by atoms with Gasteiger partial charge in [-0.1, -0.05) is 12.1 Å². The van der Waals surface area contributed by atoms with Crippen LogP contribution in [0.5, 0.6) is 0 Å². The normalized spacial score (nSPS) is 18.2. The second kappa shape index (κ2) is 23.1. The average molecular weight is 947 g/mol. The van der Waals surface area contributed by atoms with Gasteiger partial charge in [-0.05, 0) is 73.2 Å². The molecule has 0 spiro atoms. The monoisotopic (exact) mass is 946 g/mol. The summed E-state index contributed by atoms with van der Waals surface area (Å²) < 4.78 is 54.9. The molecule has 19 nitrogen and oxygen atoms in total.